The summed E-state index contributed by atoms with van der Waals surface area (Å²) in [6.07, 6.45) is 0. The smallest absolute Gasteiger partial charge is 0.242 e. The number of piperazine rings is 1. The zero-order chi connectivity index (χ0) is 15.5. The van der Waals surface area contributed by atoms with E-state index >= 15 is 0 Å². The lowest BCUT2D eigenvalue weighted by atomic mass is 10.0. The summed E-state index contributed by atoms with van der Waals surface area (Å²) >= 11 is 7.60. The number of likely N-dealkylation sites (N-methyl/N-ethyl adjacent to an activating group) is 1. The molecule has 0 aromatic carbocycles. The lowest BCUT2D eigenvalue weighted by Crippen LogP contribution is -2.58. The third kappa shape index (κ3) is 4.42. The summed E-state index contributed by atoms with van der Waals surface area (Å²) in [7, 11) is 0. The molecule has 1 N–H and O–H groups in total. The Kier molecular flexibility index (Phi) is 5.66. The monoisotopic (exact) mass is 329 g/mol. The van der Waals surface area contributed by atoms with Crippen LogP contribution in [-0.4, -0.2) is 54.0 Å². The number of amides is 1. The summed E-state index contributed by atoms with van der Waals surface area (Å²) in [5, 5.41) is 3.25. The highest BCUT2D eigenvalue weighted by Gasteiger charge is 2.32. The van der Waals surface area contributed by atoms with Crippen LogP contribution in [0.3, 0.4) is 0 Å². The molecule has 1 aromatic rings. The highest BCUT2D eigenvalue weighted by Crippen LogP contribution is 2.23. The van der Waals surface area contributed by atoms with Gasteiger partial charge in [0.05, 0.1) is 9.88 Å². The van der Waals surface area contributed by atoms with Gasteiger partial charge in [-0.25, -0.2) is 0 Å². The van der Waals surface area contributed by atoms with Crippen LogP contribution in [-0.2, 0) is 11.3 Å². The Labute approximate surface area is 136 Å². The molecule has 1 aliphatic rings. The van der Waals surface area contributed by atoms with Crippen molar-refractivity contribution in [2.45, 2.75) is 32.9 Å². The summed E-state index contributed by atoms with van der Waals surface area (Å²) in [4.78, 5) is 18.1. The van der Waals surface area contributed by atoms with Gasteiger partial charge in [-0.1, -0.05) is 18.5 Å². The molecule has 0 saturated carbocycles. The van der Waals surface area contributed by atoms with Gasteiger partial charge in [-0.2, -0.15) is 0 Å². The highest BCUT2D eigenvalue weighted by atomic mass is 35.5. The maximum Gasteiger partial charge on any atom is 0.242 e. The van der Waals surface area contributed by atoms with E-state index in [1.807, 2.05) is 31.7 Å². The molecule has 0 bridgehead atoms. The van der Waals surface area contributed by atoms with Gasteiger partial charge >= 0.3 is 0 Å². The first kappa shape index (κ1) is 16.7. The van der Waals surface area contributed by atoms with Crippen LogP contribution in [0.15, 0.2) is 12.1 Å². The Bertz CT molecular complexity index is 481. The van der Waals surface area contributed by atoms with Crippen LogP contribution < -0.4 is 5.32 Å². The fraction of sp³-hybridized carbons (Fsp3) is 0.667. The second kappa shape index (κ2) is 7.09. The van der Waals surface area contributed by atoms with E-state index in [9.17, 15) is 4.79 Å². The molecular weight excluding hydrogens is 306 g/mol. The third-order valence-corrected chi connectivity index (χ3v) is 5.04. The van der Waals surface area contributed by atoms with Crippen molar-refractivity contribution < 1.29 is 4.79 Å². The summed E-state index contributed by atoms with van der Waals surface area (Å²) < 4.78 is 0.839. The van der Waals surface area contributed by atoms with E-state index in [4.69, 9.17) is 11.6 Å². The molecule has 0 atom stereocenters. The van der Waals surface area contributed by atoms with E-state index in [1.54, 1.807) is 11.3 Å². The van der Waals surface area contributed by atoms with Crippen LogP contribution in [0.25, 0.3) is 0 Å². The molecule has 6 heteroatoms. The van der Waals surface area contributed by atoms with Gasteiger partial charge in [0.15, 0.2) is 0 Å². The summed E-state index contributed by atoms with van der Waals surface area (Å²) in [5.74, 6) is 0.197. The van der Waals surface area contributed by atoms with Crippen molar-refractivity contribution in [3.05, 3.63) is 21.3 Å². The van der Waals surface area contributed by atoms with Gasteiger partial charge in [0.2, 0.25) is 5.91 Å². The number of nitrogens with one attached hydrogen (secondary N) is 1. The number of halogens is 1. The normalized spacial score (nSPS) is 17.2. The maximum absolute atomic E-state index is 12.5. The molecule has 1 amide bonds. The lowest BCUT2D eigenvalue weighted by molar-refractivity contribution is -0.138. The molecule has 2 rings (SSSR count). The number of hydrogen-bond acceptors (Lipinski definition) is 4. The van der Waals surface area contributed by atoms with Gasteiger partial charge < -0.3 is 10.2 Å². The van der Waals surface area contributed by atoms with Crippen molar-refractivity contribution in [2.24, 2.45) is 0 Å². The number of thiophene rings is 1. The second-order valence-electron chi connectivity index (χ2n) is 5.93. The molecule has 1 aliphatic heterocycles. The Morgan fingerprint density at radius 1 is 1.33 bits per heavy atom. The summed E-state index contributed by atoms with van der Waals surface area (Å²) in [5.41, 5.74) is -0.474. The molecular formula is C15H24ClN3OS. The van der Waals surface area contributed by atoms with Gasteiger partial charge in [-0.05, 0) is 32.5 Å². The first-order valence-corrected chi connectivity index (χ1v) is 8.63. The van der Waals surface area contributed by atoms with Crippen molar-refractivity contribution in [2.75, 3.05) is 32.7 Å². The van der Waals surface area contributed by atoms with E-state index in [0.29, 0.717) is 0 Å². The average molecular weight is 330 g/mol. The molecule has 2 heterocycles. The molecule has 0 unspecified atom stereocenters. The Hall–Kier alpha value is -0.620. The highest BCUT2D eigenvalue weighted by molar-refractivity contribution is 7.16. The molecule has 1 fully saturated rings. The number of carbonyl (C=O) groups excluding carboxylic acids is 1. The molecule has 0 aliphatic carbocycles. The summed E-state index contributed by atoms with van der Waals surface area (Å²) in [6.45, 7) is 11.1. The largest absolute Gasteiger partial charge is 0.339 e. The minimum Gasteiger partial charge on any atom is -0.339 e. The van der Waals surface area contributed by atoms with Crippen LogP contribution in [0.2, 0.25) is 4.34 Å². The van der Waals surface area contributed by atoms with Crippen LogP contribution in [0.1, 0.15) is 25.6 Å². The van der Waals surface area contributed by atoms with E-state index in [1.165, 1.54) is 4.88 Å². The fourth-order valence-corrected chi connectivity index (χ4v) is 3.81. The predicted octanol–water partition coefficient (Wildman–Crippen LogP) is 2.43. The SMILES string of the molecule is CCNC(C)(C)C(=O)N1CCN(Cc2ccc(Cl)s2)CC1. The average Bonchev–Trinajstić information content (AvgIpc) is 2.84. The number of nitrogens with zero attached hydrogens (tertiary/aromatic N) is 2. The molecule has 1 saturated heterocycles. The standard InChI is InChI=1S/C15H24ClN3OS/c1-4-17-15(2,3)14(20)19-9-7-18(8-10-19)11-12-5-6-13(16)21-12/h5-6,17H,4,7-11H2,1-3H3. The molecule has 4 nitrogen and oxygen atoms in total. The zero-order valence-electron chi connectivity index (χ0n) is 13.0. The van der Waals surface area contributed by atoms with Crippen molar-refractivity contribution in [1.29, 1.82) is 0 Å². The molecule has 118 valence electrons. The lowest BCUT2D eigenvalue weighted by Gasteiger charge is -2.38. The van der Waals surface area contributed by atoms with Crippen LogP contribution in [0.5, 0.6) is 0 Å². The fourth-order valence-electron chi connectivity index (χ4n) is 2.68. The van der Waals surface area contributed by atoms with E-state index in [2.05, 4.69) is 16.3 Å². The number of rotatable bonds is 5. The van der Waals surface area contributed by atoms with Crippen LogP contribution in [0, 0.1) is 0 Å². The van der Waals surface area contributed by atoms with Crippen molar-refractivity contribution in [3.63, 3.8) is 0 Å². The topological polar surface area (TPSA) is 35.6 Å². The van der Waals surface area contributed by atoms with Crippen molar-refractivity contribution in [3.8, 4) is 0 Å². The molecule has 1 aromatic heterocycles. The van der Waals surface area contributed by atoms with Gasteiger partial charge in [-0.3, -0.25) is 9.69 Å². The minimum absolute atomic E-state index is 0.197. The van der Waals surface area contributed by atoms with Crippen LogP contribution in [0.4, 0.5) is 0 Å². The van der Waals surface area contributed by atoms with Gasteiger partial charge in [0, 0.05) is 37.6 Å². The minimum atomic E-state index is -0.474. The molecule has 21 heavy (non-hydrogen) atoms. The van der Waals surface area contributed by atoms with Crippen LogP contribution >= 0.6 is 22.9 Å². The second-order valence-corrected chi connectivity index (χ2v) is 7.73. The van der Waals surface area contributed by atoms with Crippen molar-refractivity contribution >= 4 is 28.8 Å². The Balaban J connectivity index is 1.84. The summed E-state index contributed by atoms with van der Waals surface area (Å²) in [6, 6.07) is 4.03. The van der Waals surface area contributed by atoms with Crippen molar-refractivity contribution in [1.82, 2.24) is 15.1 Å². The molecule has 0 spiro atoms. The molecule has 0 radical (unpaired) electrons. The van der Waals surface area contributed by atoms with E-state index < -0.39 is 5.54 Å². The van der Waals surface area contributed by atoms with E-state index in [-0.39, 0.29) is 5.91 Å². The Morgan fingerprint density at radius 2 is 2.00 bits per heavy atom. The van der Waals surface area contributed by atoms with Gasteiger partial charge in [0.1, 0.15) is 0 Å². The maximum atomic E-state index is 12.5. The zero-order valence-corrected chi connectivity index (χ0v) is 14.6. The Morgan fingerprint density at radius 3 is 2.52 bits per heavy atom. The van der Waals surface area contributed by atoms with Gasteiger partial charge in [0.25, 0.3) is 0 Å². The van der Waals surface area contributed by atoms with Gasteiger partial charge in [-0.15, -0.1) is 11.3 Å². The van der Waals surface area contributed by atoms with E-state index in [0.717, 1.165) is 43.6 Å². The predicted molar refractivity (Wildman–Crippen MR) is 88.9 cm³/mol. The first-order valence-electron chi connectivity index (χ1n) is 7.43. The number of hydrogen-bond donors (Lipinski definition) is 1. The number of carbonyl (C=O) groups is 1. The first-order chi connectivity index (χ1) is 9.92. The third-order valence-electron chi connectivity index (χ3n) is 3.82. The quantitative estimate of drug-likeness (QED) is 0.901.